The predicted molar refractivity (Wildman–Crippen MR) is 134 cm³/mol. The molecular formula is C25H35N3O5S. The fourth-order valence-corrected chi connectivity index (χ4v) is 4.30. The van der Waals surface area contributed by atoms with Crippen LogP contribution < -0.4 is 14.4 Å². The summed E-state index contributed by atoms with van der Waals surface area (Å²) >= 11 is 0. The zero-order valence-electron chi connectivity index (χ0n) is 20.4. The number of carbonyl (C=O) groups is 2. The standard InChI is InChI=1S/C25H35N3O5S/c1-5-17-26-25(30)20(3)27(18-16-21-10-8-7-9-11-21)24(29)19-28(34(4,31)32)22-12-14-23(15-13-22)33-6-2/h7-15,20H,5-6,16-19H2,1-4H3,(H,26,30)/t20-/m1/s1. The second-order valence-corrected chi connectivity index (χ2v) is 9.89. The first-order valence-corrected chi connectivity index (χ1v) is 13.3. The summed E-state index contributed by atoms with van der Waals surface area (Å²) in [5.74, 6) is -0.110. The van der Waals surface area contributed by atoms with E-state index in [9.17, 15) is 18.0 Å². The molecule has 1 N–H and O–H groups in total. The molecule has 2 amide bonds. The van der Waals surface area contributed by atoms with Gasteiger partial charge in [0.1, 0.15) is 18.3 Å². The number of hydrogen-bond acceptors (Lipinski definition) is 5. The van der Waals surface area contributed by atoms with Gasteiger partial charge in [0, 0.05) is 13.1 Å². The summed E-state index contributed by atoms with van der Waals surface area (Å²) < 4.78 is 31.6. The van der Waals surface area contributed by atoms with Crippen LogP contribution in [0.5, 0.6) is 5.75 Å². The van der Waals surface area contributed by atoms with E-state index in [1.165, 1.54) is 4.90 Å². The van der Waals surface area contributed by atoms with Gasteiger partial charge in [-0.2, -0.15) is 0 Å². The van der Waals surface area contributed by atoms with Gasteiger partial charge in [0.15, 0.2) is 0 Å². The zero-order chi connectivity index (χ0) is 25.1. The van der Waals surface area contributed by atoms with Crippen LogP contribution in [-0.2, 0) is 26.0 Å². The SMILES string of the molecule is CCCNC(=O)[C@@H](C)N(CCc1ccccc1)C(=O)CN(c1ccc(OCC)cc1)S(C)(=O)=O. The lowest BCUT2D eigenvalue weighted by atomic mass is 10.1. The lowest BCUT2D eigenvalue weighted by molar-refractivity contribution is -0.138. The van der Waals surface area contributed by atoms with E-state index in [4.69, 9.17) is 4.74 Å². The Kier molecular flexibility index (Phi) is 10.4. The number of carbonyl (C=O) groups excluding carboxylic acids is 2. The van der Waals surface area contributed by atoms with E-state index in [2.05, 4.69) is 5.32 Å². The highest BCUT2D eigenvalue weighted by atomic mass is 32.2. The van der Waals surface area contributed by atoms with Gasteiger partial charge in [0.05, 0.1) is 18.6 Å². The van der Waals surface area contributed by atoms with Crippen LogP contribution in [0.15, 0.2) is 54.6 Å². The van der Waals surface area contributed by atoms with E-state index in [-0.39, 0.29) is 12.5 Å². The van der Waals surface area contributed by atoms with Crippen LogP contribution in [0.3, 0.4) is 0 Å². The van der Waals surface area contributed by atoms with Crippen molar-refractivity contribution in [2.24, 2.45) is 0 Å². The first-order valence-electron chi connectivity index (χ1n) is 11.5. The fraction of sp³-hybridized carbons (Fsp3) is 0.440. The van der Waals surface area contributed by atoms with Crippen molar-refractivity contribution in [3.63, 3.8) is 0 Å². The molecule has 0 aliphatic rings. The number of ether oxygens (including phenoxy) is 1. The number of benzene rings is 2. The van der Waals surface area contributed by atoms with Crippen molar-refractivity contribution in [3.8, 4) is 5.75 Å². The molecule has 8 nitrogen and oxygen atoms in total. The number of anilines is 1. The maximum absolute atomic E-state index is 13.4. The first kappa shape index (κ1) is 27.2. The van der Waals surface area contributed by atoms with E-state index in [1.54, 1.807) is 31.2 Å². The molecule has 1 atom stereocenters. The third kappa shape index (κ3) is 8.06. The molecule has 0 aromatic heterocycles. The minimum Gasteiger partial charge on any atom is -0.494 e. The van der Waals surface area contributed by atoms with E-state index in [0.717, 1.165) is 22.5 Å². The molecule has 0 spiro atoms. The average molecular weight is 490 g/mol. The van der Waals surface area contributed by atoms with E-state index >= 15 is 0 Å². The van der Waals surface area contributed by atoms with Gasteiger partial charge in [0.25, 0.3) is 0 Å². The van der Waals surface area contributed by atoms with Crippen LogP contribution in [0.1, 0.15) is 32.8 Å². The van der Waals surface area contributed by atoms with Crippen LogP contribution in [0.25, 0.3) is 0 Å². The predicted octanol–water partition coefficient (Wildman–Crippen LogP) is 2.84. The van der Waals surface area contributed by atoms with Crippen molar-refractivity contribution < 1.29 is 22.7 Å². The summed E-state index contributed by atoms with van der Waals surface area (Å²) in [6, 6.07) is 15.4. The molecule has 9 heteroatoms. The lowest BCUT2D eigenvalue weighted by Gasteiger charge is -2.31. The third-order valence-electron chi connectivity index (χ3n) is 5.32. The number of amides is 2. The van der Waals surface area contributed by atoms with Crippen molar-refractivity contribution in [1.82, 2.24) is 10.2 Å². The zero-order valence-corrected chi connectivity index (χ0v) is 21.2. The first-order chi connectivity index (χ1) is 16.2. The summed E-state index contributed by atoms with van der Waals surface area (Å²) in [6.07, 6.45) is 2.37. The molecule has 2 aromatic rings. The average Bonchev–Trinajstić information content (AvgIpc) is 2.81. The van der Waals surface area contributed by atoms with Crippen molar-refractivity contribution in [1.29, 1.82) is 0 Å². The van der Waals surface area contributed by atoms with Gasteiger partial charge in [0.2, 0.25) is 21.8 Å². The van der Waals surface area contributed by atoms with E-state index < -0.39 is 28.5 Å². The number of rotatable bonds is 13. The molecule has 186 valence electrons. The molecule has 2 rings (SSSR count). The third-order valence-corrected chi connectivity index (χ3v) is 6.46. The molecule has 0 unspecified atom stereocenters. The molecule has 0 aliphatic heterocycles. The summed E-state index contributed by atoms with van der Waals surface area (Å²) in [5, 5.41) is 2.82. The van der Waals surface area contributed by atoms with Gasteiger partial charge in [-0.3, -0.25) is 13.9 Å². The summed E-state index contributed by atoms with van der Waals surface area (Å²) in [4.78, 5) is 27.5. The van der Waals surface area contributed by atoms with Crippen molar-refractivity contribution >= 4 is 27.5 Å². The topological polar surface area (TPSA) is 96.0 Å². The minimum atomic E-state index is -3.75. The van der Waals surface area contributed by atoms with Gasteiger partial charge in [-0.1, -0.05) is 37.3 Å². The molecule has 0 heterocycles. The fourth-order valence-electron chi connectivity index (χ4n) is 3.45. The number of hydrogen-bond donors (Lipinski definition) is 1. The molecule has 0 fully saturated rings. The largest absolute Gasteiger partial charge is 0.494 e. The van der Waals surface area contributed by atoms with Crippen LogP contribution >= 0.6 is 0 Å². The Bertz CT molecular complexity index is 1030. The lowest BCUT2D eigenvalue weighted by Crippen LogP contribution is -2.52. The normalized spacial score (nSPS) is 12.0. The van der Waals surface area contributed by atoms with Gasteiger partial charge < -0.3 is 15.0 Å². The van der Waals surface area contributed by atoms with Gasteiger partial charge in [-0.25, -0.2) is 8.42 Å². The molecule has 34 heavy (non-hydrogen) atoms. The summed E-state index contributed by atoms with van der Waals surface area (Å²) in [7, 11) is -3.75. The van der Waals surface area contributed by atoms with Gasteiger partial charge >= 0.3 is 0 Å². The second kappa shape index (κ2) is 13.0. The van der Waals surface area contributed by atoms with Crippen LogP contribution in [0, 0.1) is 0 Å². The van der Waals surface area contributed by atoms with Crippen molar-refractivity contribution in [3.05, 3.63) is 60.2 Å². The molecule has 2 aromatic carbocycles. The van der Waals surface area contributed by atoms with Crippen LogP contribution in [-0.4, -0.2) is 63.7 Å². The Morgan fingerprint density at radius 1 is 1.03 bits per heavy atom. The maximum atomic E-state index is 13.4. The summed E-state index contributed by atoms with van der Waals surface area (Å²) in [5.41, 5.74) is 1.37. The molecule has 0 radical (unpaired) electrons. The summed E-state index contributed by atoms with van der Waals surface area (Å²) in [6.45, 7) is 6.34. The second-order valence-electron chi connectivity index (χ2n) is 7.99. The van der Waals surface area contributed by atoms with Crippen molar-refractivity contribution in [2.75, 3.05) is 36.8 Å². The van der Waals surface area contributed by atoms with E-state index in [0.29, 0.717) is 31.0 Å². The van der Waals surface area contributed by atoms with E-state index in [1.807, 2.05) is 44.2 Å². The monoisotopic (exact) mass is 489 g/mol. The van der Waals surface area contributed by atoms with Crippen molar-refractivity contribution in [2.45, 2.75) is 39.7 Å². The Morgan fingerprint density at radius 3 is 2.24 bits per heavy atom. The molecule has 0 saturated carbocycles. The Morgan fingerprint density at radius 2 is 1.68 bits per heavy atom. The molecular weight excluding hydrogens is 454 g/mol. The number of sulfonamides is 1. The molecule has 0 saturated heterocycles. The maximum Gasteiger partial charge on any atom is 0.244 e. The Labute approximate surface area is 202 Å². The smallest absolute Gasteiger partial charge is 0.244 e. The highest BCUT2D eigenvalue weighted by Crippen LogP contribution is 2.22. The Balaban J connectivity index is 2.27. The highest BCUT2D eigenvalue weighted by molar-refractivity contribution is 7.92. The highest BCUT2D eigenvalue weighted by Gasteiger charge is 2.29. The van der Waals surface area contributed by atoms with Crippen LogP contribution in [0.2, 0.25) is 0 Å². The Hall–Kier alpha value is -3.07. The van der Waals surface area contributed by atoms with Gasteiger partial charge in [-0.15, -0.1) is 0 Å². The quantitative estimate of drug-likeness (QED) is 0.467. The van der Waals surface area contributed by atoms with Crippen LogP contribution in [0.4, 0.5) is 5.69 Å². The number of nitrogens with zero attached hydrogens (tertiary/aromatic N) is 2. The molecule has 0 aliphatic carbocycles. The minimum absolute atomic E-state index is 0.268. The number of nitrogens with one attached hydrogen (secondary N) is 1. The van der Waals surface area contributed by atoms with Gasteiger partial charge in [-0.05, 0) is 56.5 Å². The molecule has 0 bridgehead atoms.